The molecule has 3 nitrogen and oxygen atoms in total. The number of methoxy groups -OCH3 is 1. The lowest BCUT2D eigenvalue weighted by molar-refractivity contribution is -0.135. The standard InChI is InChI=1S/C17H11BrF5NO2S/c1-7(24-9-5-3-8(18)4-6-9)15(17(25)26-2)27-16-13(22)11(20)10(19)12(21)14(16)23/h3-6,24H,1-2H3/b15-7+. The van der Waals surface area contributed by atoms with E-state index in [-0.39, 0.29) is 22.4 Å². The van der Waals surface area contributed by atoms with E-state index in [1.807, 2.05) is 0 Å². The van der Waals surface area contributed by atoms with Gasteiger partial charge in [-0.15, -0.1) is 0 Å². The molecule has 0 aliphatic carbocycles. The largest absolute Gasteiger partial charge is 0.465 e. The first kappa shape index (κ1) is 21.2. The van der Waals surface area contributed by atoms with Crippen LogP contribution in [0.4, 0.5) is 27.6 Å². The molecule has 0 saturated carbocycles. The Labute approximate surface area is 163 Å². The maximum Gasteiger partial charge on any atom is 0.346 e. The number of ether oxygens (including phenoxy) is 1. The van der Waals surface area contributed by atoms with Crippen LogP contribution in [0.2, 0.25) is 0 Å². The molecular weight excluding hydrogens is 457 g/mol. The fraction of sp³-hybridized carbons (Fsp3) is 0.118. The van der Waals surface area contributed by atoms with Crippen molar-refractivity contribution in [1.82, 2.24) is 0 Å². The average molecular weight is 468 g/mol. The van der Waals surface area contributed by atoms with Gasteiger partial charge in [0.25, 0.3) is 0 Å². The zero-order chi connectivity index (χ0) is 20.3. The van der Waals surface area contributed by atoms with Gasteiger partial charge in [0.05, 0.1) is 12.0 Å². The fourth-order valence-electron chi connectivity index (χ4n) is 1.95. The van der Waals surface area contributed by atoms with E-state index in [0.717, 1.165) is 11.6 Å². The van der Waals surface area contributed by atoms with Crippen molar-refractivity contribution < 1.29 is 31.5 Å². The Hall–Kier alpha value is -2.07. The molecule has 0 saturated heterocycles. The molecule has 144 valence electrons. The summed E-state index contributed by atoms with van der Waals surface area (Å²) in [5.41, 5.74) is 0.619. The summed E-state index contributed by atoms with van der Waals surface area (Å²) >= 11 is 3.33. The van der Waals surface area contributed by atoms with E-state index in [0.29, 0.717) is 5.69 Å². The van der Waals surface area contributed by atoms with Gasteiger partial charge in [-0.1, -0.05) is 27.7 Å². The quantitative estimate of drug-likeness (QED) is 0.151. The third kappa shape index (κ3) is 4.62. The molecule has 0 heterocycles. The molecule has 0 aliphatic heterocycles. The molecule has 0 bridgehead atoms. The van der Waals surface area contributed by atoms with Gasteiger partial charge in [-0.2, -0.15) is 0 Å². The predicted molar refractivity (Wildman–Crippen MR) is 94.6 cm³/mol. The van der Waals surface area contributed by atoms with Gasteiger partial charge >= 0.3 is 5.97 Å². The number of benzene rings is 2. The van der Waals surface area contributed by atoms with Crippen LogP contribution in [0.3, 0.4) is 0 Å². The average Bonchev–Trinajstić information content (AvgIpc) is 2.66. The summed E-state index contributed by atoms with van der Waals surface area (Å²) in [7, 11) is 1.02. The number of hydrogen-bond donors (Lipinski definition) is 1. The van der Waals surface area contributed by atoms with Gasteiger partial charge in [0.2, 0.25) is 5.82 Å². The van der Waals surface area contributed by atoms with E-state index >= 15 is 0 Å². The number of halogens is 6. The summed E-state index contributed by atoms with van der Waals surface area (Å²) in [5.74, 6) is -11.5. The Morgan fingerprint density at radius 2 is 1.44 bits per heavy atom. The summed E-state index contributed by atoms with van der Waals surface area (Å²) < 4.78 is 73.2. The third-order valence-electron chi connectivity index (χ3n) is 3.26. The molecule has 2 rings (SSSR count). The Balaban J connectivity index is 2.49. The van der Waals surface area contributed by atoms with Crippen molar-refractivity contribution in [3.8, 4) is 0 Å². The Morgan fingerprint density at radius 3 is 1.93 bits per heavy atom. The zero-order valence-corrected chi connectivity index (χ0v) is 16.2. The van der Waals surface area contributed by atoms with Crippen molar-refractivity contribution in [2.75, 3.05) is 12.4 Å². The summed E-state index contributed by atoms with van der Waals surface area (Å²) in [6.45, 7) is 1.40. The molecule has 10 heteroatoms. The zero-order valence-electron chi connectivity index (χ0n) is 13.8. The molecule has 0 aliphatic rings. The molecule has 2 aromatic carbocycles. The molecule has 0 atom stereocenters. The normalized spacial score (nSPS) is 11.9. The number of esters is 1. The van der Waals surface area contributed by atoms with Crippen molar-refractivity contribution in [1.29, 1.82) is 0 Å². The molecule has 0 aromatic heterocycles. The van der Waals surface area contributed by atoms with E-state index < -0.39 is 40.0 Å². The van der Waals surface area contributed by atoms with E-state index in [2.05, 4.69) is 26.0 Å². The topological polar surface area (TPSA) is 38.3 Å². The van der Waals surface area contributed by atoms with Gasteiger partial charge in [-0.3, -0.25) is 0 Å². The highest BCUT2D eigenvalue weighted by molar-refractivity contribution is 9.10. The van der Waals surface area contributed by atoms with Crippen molar-refractivity contribution in [2.45, 2.75) is 11.8 Å². The molecule has 0 amide bonds. The Bertz CT molecular complexity index is 890. The number of rotatable bonds is 5. The smallest absolute Gasteiger partial charge is 0.346 e. The molecule has 2 aromatic rings. The molecule has 0 radical (unpaired) electrons. The van der Waals surface area contributed by atoms with Crippen LogP contribution in [0, 0.1) is 29.1 Å². The van der Waals surface area contributed by atoms with E-state index in [1.165, 1.54) is 6.92 Å². The first-order chi connectivity index (χ1) is 12.7. The maximum atomic E-state index is 13.9. The minimum absolute atomic E-state index is 0.0788. The molecule has 0 fully saturated rings. The molecule has 0 spiro atoms. The predicted octanol–water partition coefficient (Wildman–Crippen LogP) is 5.75. The van der Waals surface area contributed by atoms with Crippen LogP contribution in [-0.2, 0) is 9.53 Å². The first-order valence-electron chi connectivity index (χ1n) is 7.18. The lowest BCUT2D eigenvalue weighted by Gasteiger charge is -2.14. The van der Waals surface area contributed by atoms with Gasteiger partial charge in [0, 0.05) is 15.9 Å². The monoisotopic (exact) mass is 467 g/mol. The van der Waals surface area contributed by atoms with Gasteiger partial charge in [-0.05, 0) is 31.2 Å². The number of hydrogen-bond acceptors (Lipinski definition) is 4. The molecule has 1 N–H and O–H groups in total. The van der Waals surface area contributed by atoms with Gasteiger partial charge in [0.15, 0.2) is 23.3 Å². The van der Waals surface area contributed by atoms with Gasteiger partial charge in [-0.25, -0.2) is 26.7 Å². The Morgan fingerprint density at radius 1 is 0.963 bits per heavy atom. The van der Waals surface area contributed by atoms with Crippen LogP contribution < -0.4 is 5.32 Å². The van der Waals surface area contributed by atoms with Crippen molar-refractivity contribution >= 4 is 39.3 Å². The van der Waals surface area contributed by atoms with Crippen LogP contribution in [-0.4, -0.2) is 13.1 Å². The highest BCUT2D eigenvalue weighted by Gasteiger charge is 2.29. The lowest BCUT2D eigenvalue weighted by atomic mass is 10.3. The third-order valence-corrected chi connectivity index (χ3v) is 5.03. The van der Waals surface area contributed by atoms with Gasteiger partial charge < -0.3 is 10.1 Å². The minimum atomic E-state index is -2.28. The SMILES string of the molecule is COC(=O)/C(Sc1c(F)c(F)c(F)c(F)c1F)=C(/C)Nc1ccc(Br)cc1. The van der Waals surface area contributed by atoms with Crippen LogP contribution >= 0.6 is 27.7 Å². The highest BCUT2D eigenvalue weighted by Crippen LogP contribution is 2.37. The Kier molecular flexibility index (Phi) is 6.88. The van der Waals surface area contributed by atoms with E-state index in [4.69, 9.17) is 0 Å². The van der Waals surface area contributed by atoms with Crippen molar-refractivity contribution in [3.05, 3.63) is 68.4 Å². The van der Waals surface area contributed by atoms with E-state index in [1.54, 1.807) is 24.3 Å². The van der Waals surface area contributed by atoms with E-state index in [9.17, 15) is 26.7 Å². The van der Waals surface area contributed by atoms with Crippen molar-refractivity contribution in [3.63, 3.8) is 0 Å². The second-order valence-corrected chi connectivity index (χ2v) is 7.01. The number of allylic oxidation sites excluding steroid dienone is 1. The number of carbonyl (C=O) groups is 1. The van der Waals surface area contributed by atoms with Crippen molar-refractivity contribution in [2.24, 2.45) is 0 Å². The lowest BCUT2D eigenvalue weighted by Crippen LogP contribution is -2.11. The second-order valence-electron chi connectivity index (χ2n) is 5.08. The van der Waals surface area contributed by atoms with Crippen LogP contribution in [0.1, 0.15) is 6.92 Å². The summed E-state index contributed by atoms with van der Waals surface area (Å²) in [4.78, 5) is 10.4. The summed E-state index contributed by atoms with van der Waals surface area (Å²) in [6.07, 6.45) is 0. The highest BCUT2D eigenvalue weighted by atomic mass is 79.9. The second kappa shape index (κ2) is 8.75. The number of nitrogens with one attached hydrogen (secondary N) is 1. The number of anilines is 1. The number of carbonyl (C=O) groups excluding carboxylic acids is 1. The summed E-state index contributed by atoms with van der Waals surface area (Å²) in [6, 6.07) is 6.69. The molecule has 27 heavy (non-hydrogen) atoms. The van der Waals surface area contributed by atoms with Crippen LogP contribution in [0.5, 0.6) is 0 Å². The fourth-order valence-corrected chi connectivity index (χ4v) is 3.14. The maximum absolute atomic E-state index is 13.9. The summed E-state index contributed by atoms with van der Waals surface area (Å²) in [5, 5.41) is 2.81. The first-order valence-corrected chi connectivity index (χ1v) is 8.79. The molecule has 0 unspecified atom stereocenters. The molecular formula is C17H11BrF5NO2S. The van der Waals surface area contributed by atoms with Crippen LogP contribution in [0.25, 0.3) is 0 Å². The van der Waals surface area contributed by atoms with Crippen LogP contribution in [0.15, 0.2) is 44.2 Å². The van der Waals surface area contributed by atoms with Gasteiger partial charge in [0.1, 0.15) is 4.91 Å². The minimum Gasteiger partial charge on any atom is -0.465 e. The number of thioether (sulfide) groups is 1.